The van der Waals surface area contributed by atoms with Gasteiger partial charge in [0, 0.05) is 10.8 Å². The Morgan fingerprint density at radius 3 is 2.67 bits per heavy atom. The molecule has 0 radical (unpaired) electrons. The predicted molar refractivity (Wildman–Crippen MR) is 114 cm³/mol. The topological polar surface area (TPSA) is 72.8 Å². The summed E-state index contributed by atoms with van der Waals surface area (Å²) in [7, 11) is 0. The highest BCUT2D eigenvalue weighted by atomic mass is 16.7. The molecule has 0 spiro atoms. The maximum atomic E-state index is 12.9. The molecule has 5 rings (SSSR count). The lowest BCUT2D eigenvalue weighted by Gasteiger charge is -2.58. The van der Waals surface area contributed by atoms with E-state index in [1.54, 1.807) is 6.08 Å². The molecule has 0 amide bonds. The van der Waals surface area contributed by atoms with Crippen molar-refractivity contribution in [3.8, 4) is 0 Å². The van der Waals surface area contributed by atoms with Crippen LogP contribution in [0.15, 0.2) is 23.8 Å². The Labute approximate surface area is 179 Å². The Bertz CT molecular complexity index is 784. The minimum Gasteiger partial charge on any atom is -0.388 e. The molecule has 1 saturated heterocycles. The average Bonchev–Trinajstić information content (AvgIpc) is 3.25. The highest BCUT2D eigenvalue weighted by Crippen LogP contribution is 2.69. The Morgan fingerprint density at radius 1 is 1.23 bits per heavy atom. The van der Waals surface area contributed by atoms with Crippen molar-refractivity contribution in [2.24, 2.45) is 28.6 Å². The number of aliphatic hydroxyl groups is 1. The molecular formula is C25H36O5. The quantitative estimate of drug-likeness (QED) is 0.737. The van der Waals surface area contributed by atoms with Gasteiger partial charge in [-0.3, -0.25) is 9.59 Å². The van der Waals surface area contributed by atoms with Gasteiger partial charge in [0.15, 0.2) is 17.2 Å². The predicted octanol–water partition coefficient (Wildman–Crippen LogP) is 3.99. The fraction of sp³-hybridized carbons (Fsp3) is 0.760. The van der Waals surface area contributed by atoms with Crippen LogP contribution < -0.4 is 0 Å². The number of ether oxygens (including phenoxy) is 2. The van der Waals surface area contributed by atoms with Crippen molar-refractivity contribution in [1.29, 1.82) is 0 Å². The van der Waals surface area contributed by atoms with Gasteiger partial charge in [0.25, 0.3) is 0 Å². The van der Waals surface area contributed by atoms with Crippen LogP contribution in [0.2, 0.25) is 0 Å². The number of hydrogen-bond acceptors (Lipinski definition) is 5. The van der Waals surface area contributed by atoms with Gasteiger partial charge in [0.05, 0.1) is 6.10 Å². The molecule has 3 saturated carbocycles. The number of Topliss-reactive ketones (excluding diaryl/α,β-unsaturated/α-hetero) is 1. The summed E-state index contributed by atoms with van der Waals surface area (Å²) in [6.07, 6.45) is 11.4. The van der Waals surface area contributed by atoms with E-state index in [1.165, 1.54) is 12.0 Å². The summed E-state index contributed by atoms with van der Waals surface area (Å²) in [5.74, 6) is 1.16. The normalized spacial score (nSPS) is 46.0. The first kappa shape index (κ1) is 21.9. The lowest BCUT2D eigenvalue weighted by Crippen LogP contribution is -2.60. The monoisotopic (exact) mass is 416 g/mol. The summed E-state index contributed by atoms with van der Waals surface area (Å²) in [4.78, 5) is 24.7. The molecule has 4 aliphatic carbocycles. The Hall–Kier alpha value is -1.30. The van der Waals surface area contributed by atoms with Gasteiger partial charge in [-0.05, 0) is 62.0 Å². The molecule has 5 heteroatoms. The average molecular weight is 417 g/mol. The van der Waals surface area contributed by atoms with E-state index >= 15 is 0 Å². The number of carbonyl (C=O) groups is 2. The molecule has 0 aromatic rings. The minimum atomic E-state index is -0.993. The summed E-state index contributed by atoms with van der Waals surface area (Å²) in [6.45, 7) is 8.36. The molecule has 1 aliphatic heterocycles. The van der Waals surface area contributed by atoms with Crippen molar-refractivity contribution < 1.29 is 24.2 Å². The zero-order chi connectivity index (χ0) is 21.7. The standard InChI is InChI=1S/C22H28O5.C3H8/c1-20-7-5-14(24)9-13(20)3-4-15-16(20)6-8-21(2)17(15)10-19-22(21,18(25)11-23)27-12-26-19;1-3-2/h5,7,9,15-17,19,23H,3-4,6,8,10-12H2,1-2H3;3H2,1-2H3. The number of carbonyl (C=O) groups excluding carboxylic acids is 2. The molecule has 5 nitrogen and oxygen atoms in total. The fourth-order valence-electron chi connectivity index (χ4n) is 7.53. The van der Waals surface area contributed by atoms with Crippen LogP contribution >= 0.6 is 0 Å². The van der Waals surface area contributed by atoms with E-state index in [2.05, 4.69) is 33.8 Å². The second-order valence-corrected chi connectivity index (χ2v) is 10.2. The van der Waals surface area contributed by atoms with Gasteiger partial charge in [-0.15, -0.1) is 0 Å². The van der Waals surface area contributed by atoms with Crippen LogP contribution in [0.3, 0.4) is 0 Å². The fourth-order valence-corrected chi connectivity index (χ4v) is 7.53. The van der Waals surface area contributed by atoms with E-state index in [4.69, 9.17) is 9.47 Å². The molecule has 7 atom stereocenters. The van der Waals surface area contributed by atoms with Crippen molar-refractivity contribution in [2.45, 2.75) is 77.9 Å². The van der Waals surface area contributed by atoms with E-state index in [1.807, 2.05) is 6.08 Å². The number of allylic oxidation sites excluding steroid dienone is 4. The van der Waals surface area contributed by atoms with E-state index in [0.29, 0.717) is 17.8 Å². The first-order chi connectivity index (χ1) is 14.3. The molecule has 0 bridgehead atoms. The summed E-state index contributed by atoms with van der Waals surface area (Å²) >= 11 is 0. The second-order valence-electron chi connectivity index (χ2n) is 10.2. The Balaban J connectivity index is 0.000000687. The summed E-state index contributed by atoms with van der Waals surface area (Å²) < 4.78 is 11.9. The third-order valence-corrected chi connectivity index (χ3v) is 8.83. The SMILES string of the molecule is CC12C=CC(=O)C=C1CCC1C2CCC2(C)C1CC1OCOC12C(=O)CO.CCC. The van der Waals surface area contributed by atoms with Crippen molar-refractivity contribution >= 4 is 11.6 Å². The van der Waals surface area contributed by atoms with Crippen LogP contribution in [-0.4, -0.2) is 41.8 Å². The van der Waals surface area contributed by atoms with Gasteiger partial charge >= 0.3 is 0 Å². The van der Waals surface area contributed by atoms with Crippen molar-refractivity contribution in [2.75, 3.05) is 13.4 Å². The highest BCUT2D eigenvalue weighted by Gasteiger charge is 2.73. The lowest BCUT2D eigenvalue weighted by molar-refractivity contribution is -0.169. The number of fused-ring (bicyclic) bond motifs is 7. The van der Waals surface area contributed by atoms with E-state index in [-0.39, 0.29) is 35.3 Å². The van der Waals surface area contributed by atoms with E-state index in [0.717, 1.165) is 32.1 Å². The molecule has 0 aromatic heterocycles. The molecule has 30 heavy (non-hydrogen) atoms. The summed E-state index contributed by atoms with van der Waals surface area (Å²) in [5, 5.41) is 9.66. The first-order valence-corrected chi connectivity index (χ1v) is 11.6. The summed E-state index contributed by atoms with van der Waals surface area (Å²) in [5.41, 5.74) is -0.0916. The van der Waals surface area contributed by atoms with Gasteiger partial charge in [-0.25, -0.2) is 0 Å². The van der Waals surface area contributed by atoms with Crippen molar-refractivity contribution in [1.82, 2.24) is 0 Å². The van der Waals surface area contributed by atoms with Gasteiger partial charge < -0.3 is 14.6 Å². The van der Waals surface area contributed by atoms with Crippen LogP contribution in [0.4, 0.5) is 0 Å². The van der Waals surface area contributed by atoms with Crippen molar-refractivity contribution in [3.05, 3.63) is 23.8 Å². The number of aliphatic hydroxyl groups excluding tert-OH is 1. The number of rotatable bonds is 2. The molecule has 0 aromatic carbocycles. The summed E-state index contributed by atoms with van der Waals surface area (Å²) in [6, 6.07) is 0. The minimum absolute atomic E-state index is 0.0638. The maximum Gasteiger partial charge on any atom is 0.193 e. The highest BCUT2D eigenvalue weighted by molar-refractivity contribution is 6.01. The first-order valence-electron chi connectivity index (χ1n) is 11.6. The molecule has 166 valence electrons. The third kappa shape index (κ3) is 2.78. The molecular weight excluding hydrogens is 380 g/mol. The largest absolute Gasteiger partial charge is 0.388 e. The molecule has 5 aliphatic rings. The van der Waals surface area contributed by atoms with Crippen LogP contribution in [0.5, 0.6) is 0 Å². The van der Waals surface area contributed by atoms with E-state index < -0.39 is 12.2 Å². The van der Waals surface area contributed by atoms with E-state index in [9.17, 15) is 14.7 Å². The molecule has 7 unspecified atom stereocenters. The van der Waals surface area contributed by atoms with Crippen LogP contribution in [0, 0.1) is 28.6 Å². The Morgan fingerprint density at radius 2 is 1.97 bits per heavy atom. The van der Waals surface area contributed by atoms with Crippen LogP contribution in [-0.2, 0) is 19.1 Å². The third-order valence-electron chi connectivity index (χ3n) is 8.83. The second kappa shape index (κ2) is 7.68. The van der Waals surface area contributed by atoms with Gasteiger partial charge in [0.2, 0.25) is 0 Å². The lowest BCUT2D eigenvalue weighted by atomic mass is 9.47. The van der Waals surface area contributed by atoms with Crippen LogP contribution in [0.1, 0.15) is 66.2 Å². The van der Waals surface area contributed by atoms with Crippen LogP contribution in [0.25, 0.3) is 0 Å². The molecule has 4 fully saturated rings. The van der Waals surface area contributed by atoms with Gasteiger partial charge in [0.1, 0.15) is 13.4 Å². The maximum absolute atomic E-state index is 12.9. The number of ketones is 2. The molecule has 1 N–H and O–H groups in total. The van der Waals surface area contributed by atoms with Crippen molar-refractivity contribution in [3.63, 3.8) is 0 Å². The smallest absolute Gasteiger partial charge is 0.193 e. The zero-order valence-corrected chi connectivity index (χ0v) is 18.8. The van der Waals surface area contributed by atoms with Gasteiger partial charge in [-0.2, -0.15) is 0 Å². The zero-order valence-electron chi connectivity index (χ0n) is 18.8. The number of hydrogen-bond donors (Lipinski definition) is 1. The molecule has 1 heterocycles. The van der Waals surface area contributed by atoms with Gasteiger partial charge in [-0.1, -0.05) is 45.8 Å². The Kier molecular flexibility index (Phi) is 5.61.